The van der Waals surface area contributed by atoms with E-state index in [-0.39, 0.29) is 0 Å². The van der Waals surface area contributed by atoms with Crippen LogP contribution in [0.15, 0.2) is 85.0 Å². The number of unbranched alkanes of at least 4 members (excludes halogenated alkanes) is 2. The smallest absolute Gasteiger partial charge is 0.00589 e. The third-order valence-electron chi connectivity index (χ3n) is 6.31. The third-order valence-corrected chi connectivity index (χ3v) is 6.31. The maximum Gasteiger partial charge on any atom is -0.00589 e. The number of rotatable bonds is 7. The molecule has 0 aliphatic heterocycles. The van der Waals surface area contributed by atoms with Crippen LogP contribution >= 0.6 is 0 Å². The predicted octanol–water partition coefficient (Wildman–Crippen LogP) is 7.96. The average Bonchev–Trinajstić information content (AvgIpc) is 3.42. The van der Waals surface area contributed by atoms with Crippen molar-refractivity contribution in [3.05, 3.63) is 96.2 Å². The molecule has 0 nitrogen and oxygen atoms in total. The van der Waals surface area contributed by atoms with Gasteiger partial charge in [-0.2, -0.15) is 0 Å². The first-order chi connectivity index (χ1) is 13.8. The summed E-state index contributed by atoms with van der Waals surface area (Å²) in [6.07, 6.45) is 29.5. The molecular weight excluding hydrogens is 336 g/mol. The molecule has 0 amide bonds. The van der Waals surface area contributed by atoms with E-state index in [1.54, 1.807) is 11.1 Å². The molecule has 0 heterocycles. The van der Waals surface area contributed by atoms with Crippen molar-refractivity contribution in [3.63, 3.8) is 0 Å². The molecule has 4 rings (SSSR count). The first-order valence-corrected chi connectivity index (χ1v) is 11.2. The van der Waals surface area contributed by atoms with Crippen molar-refractivity contribution in [1.29, 1.82) is 0 Å². The van der Waals surface area contributed by atoms with Crippen molar-refractivity contribution >= 4 is 0 Å². The number of allylic oxidation sites excluding steroid dienone is 10. The molecule has 1 fully saturated rings. The third kappa shape index (κ3) is 5.25. The van der Waals surface area contributed by atoms with Gasteiger partial charge in [-0.15, -0.1) is 0 Å². The molecule has 0 aromatic heterocycles. The summed E-state index contributed by atoms with van der Waals surface area (Å²) in [5.41, 5.74) is 3.29. The molecule has 148 valence electrons. The van der Waals surface area contributed by atoms with E-state index in [0.717, 1.165) is 30.1 Å². The Labute approximate surface area is 172 Å². The second kappa shape index (κ2) is 11.1. The van der Waals surface area contributed by atoms with Gasteiger partial charge in [-0.1, -0.05) is 91.9 Å². The monoisotopic (exact) mass is 372 g/mol. The largest absolute Gasteiger partial charge is 0.0917 e. The molecule has 28 heavy (non-hydrogen) atoms. The Morgan fingerprint density at radius 1 is 0.893 bits per heavy atom. The van der Waals surface area contributed by atoms with Crippen LogP contribution in [0.1, 0.15) is 63.0 Å². The zero-order valence-corrected chi connectivity index (χ0v) is 17.6. The highest BCUT2D eigenvalue weighted by molar-refractivity contribution is 5.41. The lowest BCUT2D eigenvalue weighted by atomic mass is 9.84. The lowest BCUT2D eigenvalue weighted by molar-refractivity contribution is 0.426. The molecule has 1 saturated carbocycles. The Bertz CT molecular complexity index is 743. The lowest BCUT2D eigenvalue weighted by Crippen LogP contribution is -2.12. The zero-order valence-electron chi connectivity index (χ0n) is 17.6. The molecule has 4 unspecified atom stereocenters. The standard InChI is InChI=1S/C14H14.C14H22/c1-2-4-12-9(3-1)8-13-10-5-6-11(7-10)14(12)13;1-3-5-7-9-11-13-14-12-10-8-6-4-2/h1-6,10-11,13-14H,7-8H2;3,5-6,8,10,12-14H,4,7,9,11H2,1-2H3. The van der Waals surface area contributed by atoms with Gasteiger partial charge in [0, 0.05) is 0 Å². The van der Waals surface area contributed by atoms with Gasteiger partial charge >= 0.3 is 0 Å². The summed E-state index contributed by atoms with van der Waals surface area (Å²) in [7, 11) is 0. The molecule has 0 radical (unpaired) electrons. The van der Waals surface area contributed by atoms with Crippen molar-refractivity contribution in [2.75, 3.05) is 0 Å². The summed E-state index contributed by atoms with van der Waals surface area (Å²) >= 11 is 0. The van der Waals surface area contributed by atoms with Crippen LogP contribution in [0.5, 0.6) is 0 Å². The molecule has 0 spiro atoms. The summed E-state index contributed by atoms with van der Waals surface area (Å²) in [5, 5.41) is 0. The summed E-state index contributed by atoms with van der Waals surface area (Å²) in [5.74, 6) is 3.59. The highest BCUT2D eigenvalue weighted by Crippen LogP contribution is 2.58. The van der Waals surface area contributed by atoms with Crippen LogP contribution in [0.3, 0.4) is 0 Å². The number of benzene rings is 1. The molecule has 0 N–H and O–H groups in total. The summed E-state index contributed by atoms with van der Waals surface area (Å²) in [6, 6.07) is 9.08. The normalized spacial score (nSPS) is 27.2. The minimum atomic E-state index is 0.869. The molecule has 0 saturated heterocycles. The SMILES string of the molecule is C1=CC2CC1C1Cc3ccccc3C21.CC=CCCCC=CC=CC=CCC. The van der Waals surface area contributed by atoms with Gasteiger partial charge < -0.3 is 0 Å². The summed E-state index contributed by atoms with van der Waals surface area (Å²) in [6.45, 7) is 4.21. The van der Waals surface area contributed by atoms with E-state index in [0.29, 0.717) is 0 Å². The van der Waals surface area contributed by atoms with E-state index in [9.17, 15) is 0 Å². The fourth-order valence-corrected chi connectivity index (χ4v) is 5.00. The topological polar surface area (TPSA) is 0 Å². The van der Waals surface area contributed by atoms with Crippen molar-refractivity contribution in [1.82, 2.24) is 0 Å². The van der Waals surface area contributed by atoms with Gasteiger partial charge in [0.2, 0.25) is 0 Å². The van der Waals surface area contributed by atoms with E-state index < -0.39 is 0 Å². The van der Waals surface area contributed by atoms with E-state index in [2.05, 4.69) is 98.9 Å². The van der Waals surface area contributed by atoms with Crippen molar-refractivity contribution in [3.8, 4) is 0 Å². The van der Waals surface area contributed by atoms with Gasteiger partial charge in [-0.05, 0) is 80.2 Å². The second-order valence-corrected chi connectivity index (χ2v) is 8.19. The molecule has 4 atom stereocenters. The fourth-order valence-electron chi connectivity index (χ4n) is 5.00. The maximum atomic E-state index is 2.47. The van der Waals surface area contributed by atoms with Gasteiger partial charge in [0.1, 0.15) is 0 Å². The summed E-state index contributed by atoms with van der Waals surface area (Å²) in [4.78, 5) is 0. The molecule has 1 aromatic rings. The predicted molar refractivity (Wildman–Crippen MR) is 123 cm³/mol. The van der Waals surface area contributed by atoms with Crippen LogP contribution in [0.25, 0.3) is 0 Å². The number of fused-ring (bicyclic) bond motifs is 7. The fraction of sp³-hybridized carbons (Fsp3) is 0.429. The Balaban J connectivity index is 0.000000161. The minimum absolute atomic E-state index is 0.869. The quantitative estimate of drug-likeness (QED) is 0.259. The van der Waals surface area contributed by atoms with Crippen LogP contribution in [-0.4, -0.2) is 0 Å². The molecule has 3 aliphatic carbocycles. The first-order valence-electron chi connectivity index (χ1n) is 11.2. The Morgan fingerprint density at radius 2 is 1.64 bits per heavy atom. The van der Waals surface area contributed by atoms with Gasteiger partial charge in [0.05, 0.1) is 0 Å². The van der Waals surface area contributed by atoms with Crippen LogP contribution in [-0.2, 0) is 6.42 Å². The van der Waals surface area contributed by atoms with E-state index in [1.807, 2.05) is 0 Å². The summed E-state index contributed by atoms with van der Waals surface area (Å²) < 4.78 is 0. The molecule has 1 aromatic carbocycles. The van der Waals surface area contributed by atoms with Crippen LogP contribution in [0.4, 0.5) is 0 Å². The van der Waals surface area contributed by atoms with Gasteiger partial charge in [0.25, 0.3) is 0 Å². The van der Waals surface area contributed by atoms with Gasteiger partial charge in [0.15, 0.2) is 0 Å². The van der Waals surface area contributed by atoms with Crippen LogP contribution in [0, 0.1) is 17.8 Å². The average molecular weight is 373 g/mol. The van der Waals surface area contributed by atoms with Crippen molar-refractivity contribution < 1.29 is 0 Å². The highest BCUT2D eigenvalue weighted by atomic mass is 14.5. The molecule has 3 aliphatic rings. The van der Waals surface area contributed by atoms with Crippen molar-refractivity contribution in [2.45, 2.75) is 58.3 Å². The second-order valence-electron chi connectivity index (χ2n) is 8.19. The Morgan fingerprint density at radius 3 is 2.46 bits per heavy atom. The van der Waals surface area contributed by atoms with Gasteiger partial charge in [-0.25, -0.2) is 0 Å². The molecule has 2 bridgehead atoms. The van der Waals surface area contributed by atoms with Gasteiger partial charge in [-0.3, -0.25) is 0 Å². The van der Waals surface area contributed by atoms with Crippen molar-refractivity contribution in [2.24, 2.45) is 17.8 Å². The van der Waals surface area contributed by atoms with E-state index >= 15 is 0 Å². The Hall–Kier alpha value is -2.08. The zero-order chi connectivity index (χ0) is 19.6. The maximum absolute atomic E-state index is 2.47. The van der Waals surface area contributed by atoms with E-state index in [1.165, 1.54) is 32.1 Å². The van der Waals surface area contributed by atoms with E-state index in [4.69, 9.17) is 0 Å². The number of hydrogen-bond acceptors (Lipinski definition) is 0. The highest BCUT2D eigenvalue weighted by Gasteiger charge is 2.48. The minimum Gasteiger partial charge on any atom is -0.0917 e. The lowest BCUT2D eigenvalue weighted by Gasteiger charge is -2.20. The van der Waals surface area contributed by atoms with Crippen LogP contribution < -0.4 is 0 Å². The number of hydrogen-bond donors (Lipinski definition) is 0. The molecule has 0 heteroatoms. The first kappa shape index (κ1) is 20.6. The Kier molecular flexibility index (Phi) is 8.15. The van der Waals surface area contributed by atoms with Crippen LogP contribution in [0.2, 0.25) is 0 Å². The molecular formula is C28H36.